The number of hydrogen-bond acceptors (Lipinski definition) is 11. The summed E-state index contributed by atoms with van der Waals surface area (Å²) in [5, 5.41) is 7.24. The minimum absolute atomic E-state index is 0.143. The van der Waals surface area contributed by atoms with Crippen molar-refractivity contribution in [2.45, 2.75) is 38.1 Å². The first-order valence-electron chi connectivity index (χ1n) is 12.5. The molecular formula is C23H32N8O3S. The number of amides is 1. The molecule has 0 bridgehead atoms. The number of hydrogen-bond donors (Lipinski definition) is 3. The summed E-state index contributed by atoms with van der Waals surface area (Å²) in [6, 6.07) is 2.16. The van der Waals surface area contributed by atoms with Gasteiger partial charge in [-0.05, 0) is 31.7 Å². The summed E-state index contributed by atoms with van der Waals surface area (Å²) in [6.07, 6.45) is 5.51. The molecule has 11 nitrogen and oxygen atoms in total. The first-order valence-corrected chi connectivity index (χ1v) is 13.3. The van der Waals surface area contributed by atoms with Gasteiger partial charge in [0.15, 0.2) is 16.6 Å². The summed E-state index contributed by atoms with van der Waals surface area (Å²) in [4.78, 5) is 29.6. The number of morpholine rings is 1. The number of nitrogens with one attached hydrogen (secondary N) is 2. The highest BCUT2D eigenvalue weighted by Gasteiger charge is 2.32. The number of anilines is 3. The van der Waals surface area contributed by atoms with E-state index in [1.165, 1.54) is 12.7 Å². The van der Waals surface area contributed by atoms with Gasteiger partial charge in [0, 0.05) is 45.3 Å². The standard InChI is InChI=1S/C23H32N8O3S/c24-15-4-7-31(13-15)22-26-17(14-34-22)21(32)25-16-12-18-19(27-20(16)29-5-2-1-3-6-29)28-23(35-18)30-8-10-33-11-9-30/h12,14-15,22,26H,1-11,13,24H2,(H,25,32). The maximum Gasteiger partial charge on any atom is 0.275 e. The number of nitrogens with two attached hydrogens (primary N) is 1. The highest BCUT2D eigenvalue weighted by molar-refractivity contribution is 7.22. The Kier molecular flexibility index (Phi) is 6.35. The number of nitrogens with zero attached hydrogens (tertiary/aromatic N) is 5. The number of likely N-dealkylation sites (tertiary alicyclic amines) is 1. The van der Waals surface area contributed by atoms with Crippen molar-refractivity contribution in [2.24, 2.45) is 5.73 Å². The molecule has 12 heteroatoms. The molecule has 2 unspecified atom stereocenters. The summed E-state index contributed by atoms with van der Waals surface area (Å²) in [5.74, 6) is 0.541. The third kappa shape index (κ3) is 4.75. The number of thiazole rings is 1. The fourth-order valence-electron chi connectivity index (χ4n) is 5.02. The molecule has 0 radical (unpaired) electrons. The SMILES string of the molecule is NC1CCN(C2NC(C(=O)Nc3cc4sc(N5CCOCC5)nc4nc3N3CCCCC3)=CO2)C1. The van der Waals surface area contributed by atoms with Crippen LogP contribution in [0.25, 0.3) is 10.3 Å². The number of carbonyl (C=O) groups is 1. The number of aromatic nitrogens is 2. The van der Waals surface area contributed by atoms with Crippen LogP contribution in [-0.4, -0.2) is 85.7 Å². The minimum Gasteiger partial charge on any atom is -0.462 e. The summed E-state index contributed by atoms with van der Waals surface area (Å²) < 4.78 is 12.2. The summed E-state index contributed by atoms with van der Waals surface area (Å²) in [7, 11) is 0. The average Bonchev–Trinajstić information content (AvgIpc) is 3.64. The number of piperidine rings is 1. The van der Waals surface area contributed by atoms with Gasteiger partial charge >= 0.3 is 0 Å². The fraction of sp³-hybridized carbons (Fsp3) is 0.609. The molecule has 1 amide bonds. The number of rotatable bonds is 5. The second kappa shape index (κ2) is 9.76. The lowest BCUT2D eigenvalue weighted by Crippen LogP contribution is -2.44. The first kappa shape index (κ1) is 22.8. The van der Waals surface area contributed by atoms with Crippen molar-refractivity contribution in [2.75, 3.05) is 67.6 Å². The quantitative estimate of drug-likeness (QED) is 0.553. The molecule has 4 aliphatic rings. The second-order valence-electron chi connectivity index (χ2n) is 9.49. The fourth-order valence-corrected chi connectivity index (χ4v) is 6.02. The molecule has 4 aliphatic heterocycles. The smallest absolute Gasteiger partial charge is 0.275 e. The molecule has 0 spiro atoms. The number of ether oxygens (including phenoxy) is 2. The zero-order valence-corrected chi connectivity index (χ0v) is 20.6. The monoisotopic (exact) mass is 500 g/mol. The van der Waals surface area contributed by atoms with Crippen LogP contribution in [0.3, 0.4) is 0 Å². The molecule has 0 saturated carbocycles. The predicted molar refractivity (Wildman–Crippen MR) is 135 cm³/mol. The molecule has 6 rings (SSSR count). The Morgan fingerprint density at radius 2 is 1.94 bits per heavy atom. The molecule has 3 fully saturated rings. The molecule has 35 heavy (non-hydrogen) atoms. The highest BCUT2D eigenvalue weighted by atomic mass is 32.1. The molecule has 0 aromatic carbocycles. The van der Waals surface area contributed by atoms with Gasteiger partial charge in [-0.1, -0.05) is 11.3 Å². The van der Waals surface area contributed by atoms with E-state index in [2.05, 4.69) is 25.3 Å². The van der Waals surface area contributed by atoms with Crippen molar-refractivity contribution in [1.82, 2.24) is 20.2 Å². The van der Waals surface area contributed by atoms with E-state index in [9.17, 15) is 4.79 Å². The van der Waals surface area contributed by atoms with Crippen molar-refractivity contribution in [3.05, 3.63) is 18.0 Å². The van der Waals surface area contributed by atoms with Crippen LogP contribution >= 0.6 is 11.3 Å². The Bertz CT molecular complexity index is 1110. The van der Waals surface area contributed by atoms with Crippen molar-refractivity contribution < 1.29 is 14.3 Å². The molecular weight excluding hydrogens is 468 g/mol. The maximum absolute atomic E-state index is 13.2. The average molecular weight is 501 g/mol. The number of carbonyl (C=O) groups excluding carboxylic acids is 1. The lowest BCUT2D eigenvalue weighted by Gasteiger charge is -2.29. The maximum atomic E-state index is 13.2. The Morgan fingerprint density at radius 1 is 1.11 bits per heavy atom. The summed E-state index contributed by atoms with van der Waals surface area (Å²) in [6.45, 7) is 6.49. The molecule has 4 N–H and O–H groups in total. The Labute approximate surface area is 208 Å². The van der Waals surface area contributed by atoms with Crippen LogP contribution in [0.5, 0.6) is 0 Å². The molecule has 3 saturated heterocycles. The Morgan fingerprint density at radius 3 is 2.71 bits per heavy atom. The van der Waals surface area contributed by atoms with E-state index in [1.807, 2.05) is 6.07 Å². The van der Waals surface area contributed by atoms with Crippen LogP contribution in [0, 0.1) is 0 Å². The van der Waals surface area contributed by atoms with Crippen LogP contribution in [-0.2, 0) is 14.3 Å². The largest absolute Gasteiger partial charge is 0.462 e. The van der Waals surface area contributed by atoms with Gasteiger partial charge in [0.1, 0.15) is 12.0 Å². The molecule has 2 aromatic rings. The van der Waals surface area contributed by atoms with Crippen molar-refractivity contribution >= 4 is 44.2 Å². The first-order chi connectivity index (χ1) is 17.1. The zero-order valence-electron chi connectivity index (χ0n) is 19.7. The van der Waals surface area contributed by atoms with Gasteiger partial charge in [-0.25, -0.2) is 9.88 Å². The molecule has 2 atom stereocenters. The lowest BCUT2D eigenvalue weighted by atomic mass is 10.1. The molecule has 188 valence electrons. The molecule has 2 aromatic heterocycles. The summed E-state index contributed by atoms with van der Waals surface area (Å²) in [5.41, 5.74) is 7.86. The van der Waals surface area contributed by atoms with Gasteiger partial charge in [0.05, 0.1) is 23.6 Å². The van der Waals surface area contributed by atoms with Gasteiger partial charge in [-0.2, -0.15) is 4.98 Å². The molecule has 0 aliphatic carbocycles. The lowest BCUT2D eigenvalue weighted by molar-refractivity contribution is -0.113. The van der Waals surface area contributed by atoms with E-state index in [4.69, 9.17) is 25.2 Å². The van der Waals surface area contributed by atoms with Crippen LogP contribution in [0.4, 0.5) is 16.6 Å². The van der Waals surface area contributed by atoms with E-state index >= 15 is 0 Å². The van der Waals surface area contributed by atoms with Gasteiger partial charge in [-0.15, -0.1) is 0 Å². The van der Waals surface area contributed by atoms with Crippen molar-refractivity contribution in [3.63, 3.8) is 0 Å². The Balaban J connectivity index is 1.24. The predicted octanol–water partition coefficient (Wildman–Crippen LogP) is 1.23. The van der Waals surface area contributed by atoms with E-state index < -0.39 is 0 Å². The van der Waals surface area contributed by atoms with E-state index in [-0.39, 0.29) is 18.3 Å². The van der Waals surface area contributed by atoms with Crippen molar-refractivity contribution in [1.29, 1.82) is 0 Å². The topological polar surface area (TPSA) is 121 Å². The summed E-state index contributed by atoms with van der Waals surface area (Å²) >= 11 is 1.60. The second-order valence-corrected chi connectivity index (χ2v) is 10.5. The number of pyridine rings is 1. The van der Waals surface area contributed by atoms with Crippen LogP contribution < -0.4 is 26.2 Å². The van der Waals surface area contributed by atoms with E-state index in [1.54, 1.807) is 11.3 Å². The highest BCUT2D eigenvalue weighted by Crippen LogP contribution is 2.35. The minimum atomic E-state index is -0.357. The van der Waals surface area contributed by atoms with Crippen LogP contribution in [0.15, 0.2) is 18.0 Å². The Hall–Kier alpha value is -2.67. The van der Waals surface area contributed by atoms with E-state index in [0.29, 0.717) is 24.6 Å². The number of fused-ring (bicyclic) bond motifs is 1. The van der Waals surface area contributed by atoms with Gasteiger partial charge in [-0.3, -0.25) is 4.79 Å². The third-order valence-corrected chi connectivity index (χ3v) is 8.02. The van der Waals surface area contributed by atoms with Crippen molar-refractivity contribution in [3.8, 4) is 0 Å². The van der Waals surface area contributed by atoms with Crippen LogP contribution in [0.2, 0.25) is 0 Å². The van der Waals surface area contributed by atoms with E-state index in [0.717, 1.165) is 79.8 Å². The van der Waals surface area contributed by atoms with Crippen LogP contribution in [0.1, 0.15) is 25.7 Å². The van der Waals surface area contributed by atoms with Gasteiger partial charge in [0.2, 0.25) is 6.35 Å². The molecule has 6 heterocycles. The third-order valence-electron chi connectivity index (χ3n) is 6.96. The van der Waals surface area contributed by atoms with Gasteiger partial charge < -0.3 is 35.6 Å². The zero-order chi connectivity index (χ0) is 23.8. The van der Waals surface area contributed by atoms with Gasteiger partial charge in [0.25, 0.3) is 5.91 Å². The normalized spacial score (nSPS) is 25.5.